The zero-order chi connectivity index (χ0) is 21.3. The monoisotopic (exact) mass is 405 g/mol. The van der Waals surface area contributed by atoms with Gasteiger partial charge >= 0.3 is 0 Å². The highest BCUT2D eigenvalue weighted by atomic mass is 16.6. The van der Waals surface area contributed by atoms with E-state index in [-0.39, 0.29) is 12.6 Å². The second kappa shape index (κ2) is 8.02. The van der Waals surface area contributed by atoms with E-state index in [2.05, 4.69) is 5.10 Å². The van der Waals surface area contributed by atoms with Crippen molar-refractivity contribution in [2.45, 2.75) is 20.0 Å². The van der Waals surface area contributed by atoms with Gasteiger partial charge in [-0.05, 0) is 38.1 Å². The molecule has 0 saturated carbocycles. The molecule has 1 atom stereocenters. The second-order valence-electron chi connectivity index (χ2n) is 7.31. The predicted molar refractivity (Wildman–Crippen MR) is 111 cm³/mol. The number of likely N-dealkylation sites (N-methyl/N-ethyl adjacent to an activating group) is 1. The van der Waals surface area contributed by atoms with Crippen LogP contribution in [0.5, 0.6) is 11.5 Å². The van der Waals surface area contributed by atoms with Gasteiger partial charge < -0.3 is 14.4 Å². The molecule has 0 saturated heterocycles. The Morgan fingerprint density at radius 3 is 2.47 bits per heavy atom. The van der Waals surface area contributed by atoms with Crippen LogP contribution in [-0.2, 0) is 4.79 Å². The van der Waals surface area contributed by atoms with Crippen LogP contribution in [0.4, 0.5) is 0 Å². The summed E-state index contributed by atoms with van der Waals surface area (Å²) < 4.78 is 13.3. The minimum absolute atomic E-state index is 0.240. The number of amides is 1. The van der Waals surface area contributed by atoms with Crippen molar-refractivity contribution in [3.05, 3.63) is 71.5 Å². The Morgan fingerprint density at radius 2 is 1.73 bits per heavy atom. The van der Waals surface area contributed by atoms with Crippen LogP contribution in [0.3, 0.4) is 0 Å². The molecule has 0 unspecified atom stereocenters. The fraction of sp³-hybridized carbons (Fsp3) is 0.261. The van der Waals surface area contributed by atoms with E-state index in [0.29, 0.717) is 35.1 Å². The van der Waals surface area contributed by atoms with E-state index in [4.69, 9.17) is 9.47 Å². The maximum Gasteiger partial charge on any atom is 0.294 e. The van der Waals surface area contributed by atoms with Gasteiger partial charge in [0, 0.05) is 7.05 Å². The predicted octanol–water partition coefficient (Wildman–Crippen LogP) is 2.97. The molecule has 2 aromatic carbocycles. The summed E-state index contributed by atoms with van der Waals surface area (Å²) in [5.74, 6) is 0.137. The summed E-state index contributed by atoms with van der Waals surface area (Å²) in [5, 5.41) is 4.46. The third-order valence-corrected chi connectivity index (χ3v) is 5.11. The molecular weight excluding hydrogens is 382 g/mol. The molecule has 0 spiro atoms. The highest BCUT2D eigenvalue weighted by molar-refractivity contribution is 6.43. The highest BCUT2D eigenvalue weighted by Gasteiger charge is 2.30. The Kier molecular flexibility index (Phi) is 5.27. The zero-order valence-electron chi connectivity index (χ0n) is 17.2. The fourth-order valence-electron chi connectivity index (χ4n) is 3.61. The van der Waals surface area contributed by atoms with Crippen molar-refractivity contribution < 1.29 is 19.1 Å². The molecule has 4 rings (SSSR count). The number of ketones is 1. The van der Waals surface area contributed by atoms with Gasteiger partial charge in [0.2, 0.25) is 0 Å². The molecule has 30 heavy (non-hydrogen) atoms. The highest BCUT2D eigenvalue weighted by Crippen LogP contribution is 2.31. The van der Waals surface area contributed by atoms with Crippen molar-refractivity contribution in [3.63, 3.8) is 0 Å². The lowest BCUT2D eigenvalue weighted by atomic mass is 10.1. The number of aryl methyl sites for hydroxylation is 1. The van der Waals surface area contributed by atoms with Crippen LogP contribution in [0.25, 0.3) is 5.69 Å². The van der Waals surface area contributed by atoms with Gasteiger partial charge in [0.25, 0.3) is 11.7 Å². The maximum atomic E-state index is 13.0. The molecular formula is C23H23N3O4. The quantitative estimate of drug-likeness (QED) is 0.482. The molecule has 0 aliphatic carbocycles. The Balaban J connectivity index is 1.49. The fourth-order valence-corrected chi connectivity index (χ4v) is 3.61. The molecule has 154 valence electrons. The lowest BCUT2D eigenvalue weighted by Gasteiger charge is -2.29. The van der Waals surface area contributed by atoms with Crippen molar-refractivity contribution in [1.29, 1.82) is 0 Å². The summed E-state index contributed by atoms with van der Waals surface area (Å²) in [6.07, 6.45) is -0.351. The van der Waals surface area contributed by atoms with Gasteiger partial charge in [-0.1, -0.05) is 30.3 Å². The molecule has 2 heterocycles. The van der Waals surface area contributed by atoms with Crippen molar-refractivity contribution in [1.82, 2.24) is 14.7 Å². The molecule has 1 aliphatic rings. The largest absolute Gasteiger partial charge is 0.486 e. The van der Waals surface area contributed by atoms with Crippen LogP contribution in [-0.4, -0.2) is 52.7 Å². The molecule has 1 amide bonds. The van der Waals surface area contributed by atoms with E-state index in [9.17, 15) is 9.59 Å². The van der Waals surface area contributed by atoms with Crippen molar-refractivity contribution in [2.24, 2.45) is 0 Å². The van der Waals surface area contributed by atoms with Gasteiger partial charge in [0.1, 0.15) is 6.61 Å². The molecule has 0 radical (unpaired) electrons. The average molecular weight is 405 g/mol. The van der Waals surface area contributed by atoms with Gasteiger partial charge in [-0.3, -0.25) is 9.59 Å². The standard InChI is InChI=1S/C23H23N3O4/c1-15-21(16(2)26(24-15)17-9-5-4-6-10-17)22(27)23(28)25(3)13-18-14-29-19-11-7-8-12-20(19)30-18/h4-12,18H,13-14H2,1-3H3/t18-/m0/s1. The van der Waals surface area contributed by atoms with Gasteiger partial charge in [0.05, 0.1) is 29.2 Å². The van der Waals surface area contributed by atoms with Crippen LogP contribution in [0.1, 0.15) is 21.7 Å². The van der Waals surface area contributed by atoms with Crippen LogP contribution >= 0.6 is 0 Å². The number of nitrogens with zero attached hydrogens (tertiary/aromatic N) is 3. The van der Waals surface area contributed by atoms with E-state index in [0.717, 1.165) is 5.69 Å². The number of fused-ring (bicyclic) bond motifs is 1. The second-order valence-corrected chi connectivity index (χ2v) is 7.31. The molecule has 3 aromatic rings. The lowest BCUT2D eigenvalue weighted by Crippen LogP contribution is -2.44. The van der Waals surface area contributed by atoms with Gasteiger partial charge in [0.15, 0.2) is 17.6 Å². The Morgan fingerprint density at radius 1 is 1.07 bits per heavy atom. The Labute approximate surface area is 174 Å². The van der Waals surface area contributed by atoms with Crippen molar-refractivity contribution >= 4 is 11.7 Å². The van der Waals surface area contributed by atoms with E-state index in [1.807, 2.05) is 54.6 Å². The first-order valence-corrected chi connectivity index (χ1v) is 9.75. The summed E-state index contributed by atoms with van der Waals surface area (Å²) in [4.78, 5) is 27.2. The number of hydrogen-bond acceptors (Lipinski definition) is 5. The molecule has 0 N–H and O–H groups in total. The summed E-state index contributed by atoms with van der Waals surface area (Å²) in [6, 6.07) is 16.9. The average Bonchev–Trinajstić information content (AvgIpc) is 3.07. The molecule has 7 heteroatoms. The van der Waals surface area contributed by atoms with Gasteiger partial charge in [-0.2, -0.15) is 5.10 Å². The number of carbonyl (C=O) groups is 2. The zero-order valence-corrected chi connectivity index (χ0v) is 17.2. The van der Waals surface area contributed by atoms with Crippen LogP contribution in [0, 0.1) is 13.8 Å². The summed E-state index contributed by atoms with van der Waals surface area (Å²) in [5.41, 5.74) is 2.33. The third kappa shape index (κ3) is 3.66. The van der Waals surface area contributed by atoms with Crippen molar-refractivity contribution in [3.8, 4) is 17.2 Å². The first kappa shape index (κ1) is 19.7. The number of carbonyl (C=O) groups excluding carboxylic acids is 2. The van der Waals surface area contributed by atoms with Crippen LogP contribution in [0.15, 0.2) is 54.6 Å². The first-order valence-electron chi connectivity index (χ1n) is 9.75. The smallest absolute Gasteiger partial charge is 0.294 e. The van der Waals surface area contributed by atoms with Crippen LogP contribution < -0.4 is 9.47 Å². The minimum atomic E-state index is -0.601. The van der Waals surface area contributed by atoms with E-state index >= 15 is 0 Å². The number of ether oxygens (including phenoxy) is 2. The number of hydrogen-bond donors (Lipinski definition) is 0. The van der Waals surface area contributed by atoms with Crippen LogP contribution in [0.2, 0.25) is 0 Å². The third-order valence-electron chi connectivity index (χ3n) is 5.11. The van der Waals surface area contributed by atoms with Gasteiger partial charge in [-0.25, -0.2) is 4.68 Å². The minimum Gasteiger partial charge on any atom is -0.486 e. The summed E-state index contributed by atoms with van der Waals surface area (Å²) in [7, 11) is 1.59. The number of benzene rings is 2. The molecule has 1 aromatic heterocycles. The number of Topliss-reactive ketones (excluding diaryl/α,β-unsaturated/α-hetero) is 1. The Hall–Kier alpha value is -3.61. The molecule has 0 fully saturated rings. The Bertz CT molecular complexity index is 1090. The normalized spacial score (nSPS) is 15.0. The maximum absolute atomic E-state index is 13.0. The summed E-state index contributed by atoms with van der Waals surface area (Å²) in [6.45, 7) is 4.08. The number of aromatic nitrogens is 2. The first-order chi connectivity index (χ1) is 14.5. The lowest BCUT2D eigenvalue weighted by molar-refractivity contribution is -0.126. The molecule has 7 nitrogen and oxygen atoms in total. The van der Waals surface area contributed by atoms with E-state index in [1.165, 1.54) is 4.90 Å². The topological polar surface area (TPSA) is 73.7 Å². The van der Waals surface area contributed by atoms with Crippen molar-refractivity contribution in [2.75, 3.05) is 20.2 Å². The number of para-hydroxylation sites is 3. The molecule has 1 aliphatic heterocycles. The van der Waals surface area contributed by atoms with E-state index < -0.39 is 11.7 Å². The molecule has 0 bridgehead atoms. The van der Waals surface area contributed by atoms with Gasteiger partial charge in [-0.15, -0.1) is 0 Å². The van der Waals surface area contributed by atoms with E-state index in [1.54, 1.807) is 25.6 Å². The number of rotatable bonds is 5. The SMILES string of the molecule is Cc1nn(-c2ccccc2)c(C)c1C(=O)C(=O)N(C)C[C@H]1COc2ccccc2O1. The summed E-state index contributed by atoms with van der Waals surface area (Å²) >= 11 is 0.